The zero-order valence-corrected chi connectivity index (χ0v) is 8.03. The highest BCUT2D eigenvalue weighted by Crippen LogP contribution is 2.27. The molecule has 74 valence electrons. The van der Waals surface area contributed by atoms with Gasteiger partial charge in [-0.3, -0.25) is 0 Å². The number of furan rings is 1. The number of hydrogen-bond donors (Lipinski definition) is 0. The highest BCUT2D eigenvalue weighted by molar-refractivity contribution is 5.68. The average Bonchev–Trinajstić information content (AvgIpc) is 2.84. The van der Waals surface area contributed by atoms with Gasteiger partial charge in [0.25, 0.3) is 6.01 Å². The van der Waals surface area contributed by atoms with Crippen LogP contribution in [0.25, 0.3) is 17.4 Å². The molecule has 15 heavy (non-hydrogen) atoms. The first-order valence-corrected chi connectivity index (χ1v) is 4.88. The molecule has 2 heteroatoms. The Hall–Kier alpha value is -1.83. The first-order chi connectivity index (χ1) is 7.33. The Morgan fingerprint density at radius 2 is 2.07 bits per heavy atom. The minimum atomic E-state index is -0.541. The number of allylic oxidation sites excluding steroid dienone is 1. The van der Waals surface area contributed by atoms with Gasteiger partial charge in [-0.25, -0.2) is 0 Å². The predicted octanol–water partition coefficient (Wildman–Crippen LogP) is 3.66. The van der Waals surface area contributed by atoms with E-state index in [1.165, 1.54) is 17.2 Å². The summed E-state index contributed by atoms with van der Waals surface area (Å²) < 4.78 is 17.6. The Bertz CT molecular complexity index is 537. The van der Waals surface area contributed by atoms with Crippen LogP contribution in [0.5, 0.6) is 0 Å². The van der Waals surface area contributed by atoms with Crippen LogP contribution in [0.2, 0.25) is 0 Å². The quantitative estimate of drug-likeness (QED) is 0.684. The summed E-state index contributed by atoms with van der Waals surface area (Å²) >= 11 is 0. The lowest BCUT2D eigenvalue weighted by molar-refractivity contribution is 0.367. The Kier molecular flexibility index (Phi) is 1.75. The number of halogens is 1. The molecule has 1 aliphatic rings. The lowest BCUT2D eigenvalue weighted by atomic mass is 10.0. The molecule has 1 aromatic carbocycles. The summed E-state index contributed by atoms with van der Waals surface area (Å²) in [5, 5.41) is 0. The monoisotopic (exact) mass is 200 g/mol. The molecule has 0 saturated carbocycles. The summed E-state index contributed by atoms with van der Waals surface area (Å²) in [6.45, 7) is 0. The zero-order chi connectivity index (χ0) is 10.3. The van der Waals surface area contributed by atoms with E-state index in [0.717, 1.165) is 12.0 Å². The van der Waals surface area contributed by atoms with Gasteiger partial charge in [0, 0.05) is 11.6 Å². The van der Waals surface area contributed by atoms with E-state index in [-0.39, 0.29) is 0 Å². The van der Waals surface area contributed by atoms with Gasteiger partial charge in [0.15, 0.2) is 0 Å². The molecule has 0 unspecified atom stereocenters. The van der Waals surface area contributed by atoms with Crippen LogP contribution in [0.3, 0.4) is 0 Å². The van der Waals surface area contributed by atoms with Gasteiger partial charge in [0.2, 0.25) is 0 Å². The summed E-state index contributed by atoms with van der Waals surface area (Å²) in [6.07, 6.45) is 5.19. The minimum Gasteiger partial charge on any atom is -0.431 e. The smallest absolute Gasteiger partial charge is 0.278 e. The average molecular weight is 200 g/mol. The maximum Gasteiger partial charge on any atom is 0.278 e. The Balaban J connectivity index is 2.10. The van der Waals surface area contributed by atoms with Crippen LogP contribution in [-0.4, -0.2) is 0 Å². The normalized spacial score (nSPS) is 13.1. The van der Waals surface area contributed by atoms with Gasteiger partial charge < -0.3 is 4.42 Å². The molecule has 1 heterocycles. The third-order valence-corrected chi connectivity index (χ3v) is 2.64. The maximum absolute atomic E-state index is 12.7. The molecule has 0 aliphatic heterocycles. The third kappa shape index (κ3) is 1.38. The highest BCUT2D eigenvalue weighted by atomic mass is 19.1. The molecule has 0 N–H and O–H groups in total. The molecule has 0 saturated heterocycles. The van der Waals surface area contributed by atoms with Crippen molar-refractivity contribution < 1.29 is 8.81 Å². The van der Waals surface area contributed by atoms with Gasteiger partial charge in [-0.1, -0.05) is 24.3 Å². The molecule has 0 amide bonds. The van der Waals surface area contributed by atoms with E-state index in [1.54, 1.807) is 6.07 Å². The number of fused-ring (bicyclic) bond motifs is 1. The van der Waals surface area contributed by atoms with Crippen molar-refractivity contribution >= 4 is 6.08 Å². The number of benzene rings is 1. The van der Waals surface area contributed by atoms with E-state index in [9.17, 15) is 4.39 Å². The largest absolute Gasteiger partial charge is 0.431 e. The summed E-state index contributed by atoms with van der Waals surface area (Å²) in [5.41, 5.74) is 3.43. The van der Waals surface area contributed by atoms with Crippen molar-refractivity contribution in [3.05, 3.63) is 53.5 Å². The van der Waals surface area contributed by atoms with Gasteiger partial charge in [-0.05, 0) is 29.7 Å². The van der Waals surface area contributed by atoms with Crippen LogP contribution in [0.15, 0.2) is 40.8 Å². The molecule has 1 aliphatic carbocycles. The molecule has 0 atom stereocenters. The van der Waals surface area contributed by atoms with Gasteiger partial charge in [-0.2, -0.15) is 4.39 Å². The van der Waals surface area contributed by atoms with E-state index >= 15 is 0 Å². The first kappa shape index (κ1) is 8.48. The van der Waals surface area contributed by atoms with Crippen molar-refractivity contribution in [1.82, 2.24) is 0 Å². The van der Waals surface area contributed by atoms with Crippen molar-refractivity contribution in [3.8, 4) is 11.3 Å². The molecular formula is C13H9FO. The molecule has 0 radical (unpaired) electrons. The summed E-state index contributed by atoms with van der Waals surface area (Å²) in [5.74, 6) is 0.579. The van der Waals surface area contributed by atoms with Crippen LogP contribution < -0.4 is 0 Å². The number of rotatable bonds is 1. The van der Waals surface area contributed by atoms with Crippen LogP contribution >= 0.6 is 0 Å². The van der Waals surface area contributed by atoms with Gasteiger partial charge in [-0.15, -0.1) is 0 Å². The standard InChI is InChI=1S/C13H9FO/c14-13-7-6-12(15-13)11-5-4-9-2-1-3-10(9)8-11/h1,3-8H,2H2. The Morgan fingerprint density at radius 1 is 1.13 bits per heavy atom. The SMILES string of the molecule is Fc1ccc(-c2ccc3c(c2)C=CC3)o1. The van der Waals surface area contributed by atoms with Crippen LogP contribution in [-0.2, 0) is 6.42 Å². The first-order valence-electron chi connectivity index (χ1n) is 4.88. The summed E-state index contributed by atoms with van der Waals surface area (Å²) in [4.78, 5) is 0. The summed E-state index contributed by atoms with van der Waals surface area (Å²) in [6, 6.07) is 8.49. The van der Waals surface area contributed by atoms with Crippen molar-refractivity contribution in [2.45, 2.75) is 6.42 Å². The molecule has 0 fully saturated rings. The Morgan fingerprint density at radius 3 is 2.87 bits per heavy atom. The van der Waals surface area contributed by atoms with E-state index < -0.39 is 6.01 Å². The van der Waals surface area contributed by atoms with E-state index in [1.807, 2.05) is 12.1 Å². The fourth-order valence-electron chi connectivity index (χ4n) is 1.87. The van der Waals surface area contributed by atoms with Gasteiger partial charge >= 0.3 is 0 Å². The fourth-order valence-corrected chi connectivity index (χ4v) is 1.87. The fraction of sp³-hybridized carbons (Fsp3) is 0.0769. The van der Waals surface area contributed by atoms with E-state index in [4.69, 9.17) is 4.42 Å². The van der Waals surface area contributed by atoms with Crippen molar-refractivity contribution in [1.29, 1.82) is 0 Å². The zero-order valence-electron chi connectivity index (χ0n) is 8.03. The van der Waals surface area contributed by atoms with Crippen molar-refractivity contribution in [2.75, 3.05) is 0 Å². The van der Waals surface area contributed by atoms with Gasteiger partial charge in [0.05, 0.1) is 0 Å². The third-order valence-electron chi connectivity index (χ3n) is 2.64. The Labute approximate surface area is 86.8 Å². The topological polar surface area (TPSA) is 13.1 Å². The molecule has 3 rings (SSSR count). The maximum atomic E-state index is 12.7. The van der Waals surface area contributed by atoms with Crippen LogP contribution in [0.1, 0.15) is 11.1 Å². The predicted molar refractivity (Wildman–Crippen MR) is 56.8 cm³/mol. The van der Waals surface area contributed by atoms with Crippen molar-refractivity contribution in [3.63, 3.8) is 0 Å². The van der Waals surface area contributed by atoms with E-state index in [2.05, 4.69) is 18.2 Å². The molecule has 2 aromatic rings. The second-order valence-corrected chi connectivity index (χ2v) is 3.62. The van der Waals surface area contributed by atoms with Crippen LogP contribution in [0, 0.1) is 6.01 Å². The van der Waals surface area contributed by atoms with Crippen LogP contribution in [0.4, 0.5) is 4.39 Å². The highest BCUT2D eigenvalue weighted by Gasteiger charge is 2.09. The second kappa shape index (κ2) is 3.09. The molecule has 0 bridgehead atoms. The van der Waals surface area contributed by atoms with E-state index in [0.29, 0.717) is 5.76 Å². The minimum absolute atomic E-state index is 0.541. The molecule has 0 spiro atoms. The molecule has 1 aromatic heterocycles. The lowest BCUT2D eigenvalue weighted by Crippen LogP contribution is -1.82. The summed E-state index contributed by atoms with van der Waals surface area (Å²) in [7, 11) is 0. The lowest BCUT2D eigenvalue weighted by Gasteiger charge is -2.01. The van der Waals surface area contributed by atoms with Gasteiger partial charge in [0.1, 0.15) is 5.76 Å². The number of hydrogen-bond acceptors (Lipinski definition) is 1. The molecular weight excluding hydrogens is 191 g/mol. The second-order valence-electron chi connectivity index (χ2n) is 3.62. The van der Waals surface area contributed by atoms with Crippen molar-refractivity contribution in [2.24, 2.45) is 0 Å². The molecule has 1 nitrogen and oxygen atoms in total.